The molecule has 1 aromatic rings. The Morgan fingerprint density at radius 2 is 2.28 bits per heavy atom. The number of aliphatic hydroxyl groups is 1. The van der Waals surface area contributed by atoms with Crippen molar-refractivity contribution >= 4 is 0 Å². The first-order valence-corrected chi connectivity index (χ1v) is 6.92. The summed E-state index contributed by atoms with van der Waals surface area (Å²) in [6, 6.07) is 0.667. The van der Waals surface area contributed by atoms with Gasteiger partial charge in [0, 0.05) is 25.3 Å². The lowest BCUT2D eigenvalue weighted by Gasteiger charge is -2.25. The summed E-state index contributed by atoms with van der Waals surface area (Å²) >= 11 is 0. The van der Waals surface area contributed by atoms with Crippen molar-refractivity contribution in [3.05, 3.63) is 18.2 Å². The Bertz CT molecular complexity index is 380. The highest BCUT2D eigenvalue weighted by Crippen LogP contribution is 2.35. The van der Waals surface area contributed by atoms with Gasteiger partial charge in [-0.2, -0.15) is 0 Å². The molecule has 2 rings (SSSR count). The van der Waals surface area contributed by atoms with Crippen molar-refractivity contribution < 1.29 is 5.11 Å². The predicted molar refractivity (Wildman–Crippen MR) is 72.3 cm³/mol. The summed E-state index contributed by atoms with van der Waals surface area (Å²) in [6.07, 6.45) is 7.20. The summed E-state index contributed by atoms with van der Waals surface area (Å²) in [5.74, 6) is 0.513. The first-order valence-electron chi connectivity index (χ1n) is 6.92. The third-order valence-electron chi connectivity index (χ3n) is 3.35. The highest BCUT2D eigenvalue weighted by Gasteiger charge is 2.25. The molecule has 1 saturated carbocycles. The minimum Gasteiger partial charge on any atom is -0.389 e. The summed E-state index contributed by atoms with van der Waals surface area (Å²) in [5.41, 5.74) is 0.594. The van der Waals surface area contributed by atoms with E-state index < -0.39 is 5.60 Å². The first-order chi connectivity index (χ1) is 8.48. The molecule has 1 aliphatic carbocycles. The molecule has 4 nitrogen and oxygen atoms in total. The zero-order chi connectivity index (χ0) is 13.2. The van der Waals surface area contributed by atoms with Crippen molar-refractivity contribution in [2.75, 3.05) is 6.54 Å². The monoisotopic (exact) mass is 251 g/mol. The molecule has 0 aliphatic heterocycles. The van der Waals surface area contributed by atoms with Gasteiger partial charge in [-0.05, 0) is 32.1 Å². The molecule has 0 aromatic carbocycles. The van der Waals surface area contributed by atoms with Crippen LogP contribution in [0.2, 0.25) is 0 Å². The number of hydrogen-bond acceptors (Lipinski definition) is 3. The third kappa shape index (κ3) is 3.82. The zero-order valence-corrected chi connectivity index (χ0v) is 11.7. The van der Waals surface area contributed by atoms with Crippen LogP contribution < -0.4 is 5.32 Å². The van der Waals surface area contributed by atoms with Gasteiger partial charge in [0.25, 0.3) is 0 Å². The molecule has 18 heavy (non-hydrogen) atoms. The van der Waals surface area contributed by atoms with Crippen molar-refractivity contribution in [3.8, 4) is 0 Å². The number of nitrogens with zero attached hydrogens (tertiary/aromatic N) is 2. The van der Waals surface area contributed by atoms with E-state index in [0.717, 1.165) is 13.0 Å². The lowest BCUT2D eigenvalue weighted by atomic mass is 9.94. The number of nitrogens with one attached hydrogen (secondary N) is 1. The van der Waals surface area contributed by atoms with E-state index in [1.54, 1.807) is 0 Å². The SMILES string of the molecule is CC(C)CC(C)(O)CNCc1cncn1C1CC1. The fourth-order valence-corrected chi connectivity index (χ4v) is 2.56. The van der Waals surface area contributed by atoms with Gasteiger partial charge in [-0.15, -0.1) is 0 Å². The highest BCUT2D eigenvalue weighted by molar-refractivity contribution is 5.03. The van der Waals surface area contributed by atoms with Crippen LogP contribution in [0.5, 0.6) is 0 Å². The second kappa shape index (κ2) is 5.41. The van der Waals surface area contributed by atoms with E-state index >= 15 is 0 Å². The Hall–Kier alpha value is -0.870. The molecular weight excluding hydrogens is 226 g/mol. The molecule has 0 amide bonds. The van der Waals surface area contributed by atoms with Crippen LogP contribution in [0.1, 0.15) is 51.8 Å². The van der Waals surface area contributed by atoms with E-state index in [1.165, 1.54) is 18.5 Å². The van der Waals surface area contributed by atoms with Crippen LogP contribution in [0, 0.1) is 5.92 Å². The van der Waals surface area contributed by atoms with E-state index in [2.05, 4.69) is 28.7 Å². The second-order valence-electron chi connectivity index (χ2n) is 6.22. The van der Waals surface area contributed by atoms with E-state index in [9.17, 15) is 5.11 Å². The standard InChI is InChI=1S/C14H25N3O/c1-11(2)6-14(3,18)9-15-7-13-8-16-10-17(13)12-4-5-12/h8,10-12,15,18H,4-7,9H2,1-3H3. The van der Waals surface area contributed by atoms with Crippen LogP contribution in [-0.2, 0) is 6.54 Å². The normalized spacial score (nSPS) is 19.2. The third-order valence-corrected chi connectivity index (χ3v) is 3.35. The Morgan fingerprint density at radius 1 is 1.56 bits per heavy atom. The maximum absolute atomic E-state index is 10.2. The molecule has 1 heterocycles. The topological polar surface area (TPSA) is 50.1 Å². The minimum absolute atomic E-state index is 0.513. The van der Waals surface area contributed by atoms with E-state index in [1.807, 2.05) is 19.4 Å². The minimum atomic E-state index is -0.626. The van der Waals surface area contributed by atoms with Gasteiger partial charge >= 0.3 is 0 Å². The molecular formula is C14H25N3O. The zero-order valence-electron chi connectivity index (χ0n) is 11.7. The molecule has 0 radical (unpaired) electrons. The van der Waals surface area contributed by atoms with E-state index in [-0.39, 0.29) is 0 Å². The number of rotatable bonds is 7. The van der Waals surface area contributed by atoms with Gasteiger partial charge in [0.05, 0.1) is 17.6 Å². The van der Waals surface area contributed by atoms with Gasteiger partial charge in [-0.1, -0.05) is 13.8 Å². The Morgan fingerprint density at radius 3 is 2.89 bits per heavy atom. The largest absolute Gasteiger partial charge is 0.389 e. The molecule has 102 valence electrons. The summed E-state index contributed by atoms with van der Waals surface area (Å²) < 4.78 is 2.25. The van der Waals surface area contributed by atoms with Crippen LogP contribution in [-0.4, -0.2) is 26.8 Å². The smallest absolute Gasteiger partial charge is 0.0951 e. The second-order valence-corrected chi connectivity index (χ2v) is 6.22. The summed E-state index contributed by atoms with van der Waals surface area (Å²) in [6.45, 7) is 7.58. The van der Waals surface area contributed by atoms with Gasteiger partial charge < -0.3 is 15.0 Å². The molecule has 2 N–H and O–H groups in total. The van der Waals surface area contributed by atoms with E-state index in [0.29, 0.717) is 18.5 Å². The molecule has 1 aliphatic rings. The number of hydrogen-bond donors (Lipinski definition) is 2. The van der Waals surface area contributed by atoms with Crippen LogP contribution in [0.25, 0.3) is 0 Å². The quantitative estimate of drug-likeness (QED) is 0.780. The van der Waals surface area contributed by atoms with Gasteiger partial charge in [-0.25, -0.2) is 4.98 Å². The molecule has 1 unspecified atom stereocenters. The molecule has 4 heteroatoms. The summed E-state index contributed by atoms with van der Waals surface area (Å²) in [4.78, 5) is 4.21. The molecule has 1 fully saturated rings. The molecule has 0 bridgehead atoms. The lowest BCUT2D eigenvalue weighted by Crippen LogP contribution is -2.38. The lowest BCUT2D eigenvalue weighted by molar-refractivity contribution is 0.0382. The Labute approximate surface area is 109 Å². The van der Waals surface area contributed by atoms with Gasteiger partial charge in [-0.3, -0.25) is 0 Å². The maximum atomic E-state index is 10.2. The Kier molecular flexibility index (Phi) is 4.07. The van der Waals surface area contributed by atoms with Crippen LogP contribution in [0.4, 0.5) is 0 Å². The fourth-order valence-electron chi connectivity index (χ4n) is 2.56. The number of aromatic nitrogens is 2. The van der Waals surface area contributed by atoms with Crippen molar-refractivity contribution in [2.45, 2.75) is 58.2 Å². The van der Waals surface area contributed by atoms with Crippen LogP contribution in [0.3, 0.4) is 0 Å². The average Bonchev–Trinajstić information content (AvgIpc) is 2.97. The maximum Gasteiger partial charge on any atom is 0.0951 e. The summed E-state index contributed by atoms with van der Waals surface area (Å²) in [7, 11) is 0. The van der Waals surface area contributed by atoms with Gasteiger partial charge in [0.15, 0.2) is 0 Å². The average molecular weight is 251 g/mol. The van der Waals surface area contributed by atoms with Gasteiger partial charge in [0.2, 0.25) is 0 Å². The fraction of sp³-hybridized carbons (Fsp3) is 0.786. The molecule has 1 atom stereocenters. The first kappa shape index (κ1) is 13.6. The van der Waals surface area contributed by atoms with Crippen molar-refractivity contribution in [1.82, 2.24) is 14.9 Å². The van der Waals surface area contributed by atoms with Crippen molar-refractivity contribution in [3.63, 3.8) is 0 Å². The highest BCUT2D eigenvalue weighted by atomic mass is 16.3. The van der Waals surface area contributed by atoms with Crippen LogP contribution >= 0.6 is 0 Å². The number of imidazole rings is 1. The predicted octanol–water partition coefficient (Wildman–Crippen LogP) is 2.10. The van der Waals surface area contributed by atoms with E-state index in [4.69, 9.17) is 0 Å². The molecule has 0 spiro atoms. The van der Waals surface area contributed by atoms with Crippen molar-refractivity contribution in [1.29, 1.82) is 0 Å². The van der Waals surface area contributed by atoms with Gasteiger partial charge in [0.1, 0.15) is 0 Å². The summed E-state index contributed by atoms with van der Waals surface area (Å²) in [5, 5.41) is 13.6. The molecule has 0 saturated heterocycles. The molecule has 1 aromatic heterocycles. The van der Waals surface area contributed by atoms with Crippen molar-refractivity contribution in [2.24, 2.45) is 5.92 Å². The van der Waals surface area contributed by atoms with Crippen LogP contribution in [0.15, 0.2) is 12.5 Å². The Balaban J connectivity index is 1.79.